The summed E-state index contributed by atoms with van der Waals surface area (Å²) in [5.41, 5.74) is 8.80. The number of benzene rings is 2. The van der Waals surface area contributed by atoms with Gasteiger partial charge in [-0.25, -0.2) is 13.4 Å². The van der Waals surface area contributed by atoms with Crippen LogP contribution >= 0.6 is 0 Å². The number of piperidine rings is 1. The van der Waals surface area contributed by atoms with E-state index in [-0.39, 0.29) is 35.7 Å². The topological polar surface area (TPSA) is 140 Å². The number of amides is 2. The van der Waals surface area contributed by atoms with Crippen molar-refractivity contribution in [1.82, 2.24) is 18.8 Å². The standard InChI is InChI=1S/C29H38N6O5S/c1-20(36)31-22-9-5-10-23(16-22)41(38,39)34-18-24(25(30)19-34)29(37)33-13-6-8-21(17-33)28-32-26-11-3-4-12-27(26)35(28)14-7-15-40-2/h3-5,9-12,16,21,24-25H,6-8,13-15,17-19,30H2,1-2H3,(H,31,36)/t21?,24-,25-/m1/s1. The molecule has 0 bridgehead atoms. The van der Waals surface area contributed by atoms with Crippen LogP contribution in [0.5, 0.6) is 0 Å². The first-order valence-electron chi connectivity index (χ1n) is 14.1. The number of anilines is 1. The molecule has 41 heavy (non-hydrogen) atoms. The van der Waals surface area contributed by atoms with Gasteiger partial charge in [0.2, 0.25) is 21.8 Å². The van der Waals surface area contributed by atoms with Gasteiger partial charge in [-0.1, -0.05) is 18.2 Å². The zero-order valence-corrected chi connectivity index (χ0v) is 24.3. The van der Waals surface area contributed by atoms with Gasteiger partial charge in [-0.15, -0.1) is 0 Å². The number of para-hydroxylation sites is 2. The second-order valence-corrected chi connectivity index (χ2v) is 12.8. The van der Waals surface area contributed by atoms with E-state index in [0.29, 0.717) is 25.4 Å². The van der Waals surface area contributed by atoms with Gasteiger partial charge < -0.3 is 25.3 Å². The van der Waals surface area contributed by atoms with E-state index in [9.17, 15) is 18.0 Å². The molecule has 0 spiro atoms. The molecule has 0 aliphatic carbocycles. The predicted octanol–water partition coefficient (Wildman–Crippen LogP) is 2.39. The van der Waals surface area contributed by atoms with Crippen molar-refractivity contribution in [3.8, 4) is 0 Å². The summed E-state index contributed by atoms with van der Waals surface area (Å²) in [6.07, 6.45) is 2.60. The van der Waals surface area contributed by atoms with Crippen LogP contribution in [0.2, 0.25) is 0 Å². The number of nitrogens with one attached hydrogen (secondary N) is 1. The summed E-state index contributed by atoms with van der Waals surface area (Å²) in [6, 6.07) is 13.6. The number of fused-ring (bicyclic) bond motifs is 1. The number of carbonyl (C=O) groups excluding carboxylic acids is 2. The number of hydrogen-bond acceptors (Lipinski definition) is 7. The minimum atomic E-state index is -3.90. The van der Waals surface area contributed by atoms with E-state index < -0.39 is 22.0 Å². The Labute approximate surface area is 240 Å². The number of imidazole rings is 1. The SMILES string of the molecule is COCCCn1c(C2CCCN(C(=O)[C@@H]3CN(S(=O)(=O)c4cccc(NC(C)=O)c4)C[C@H]3N)C2)nc2ccccc21. The van der Waals surface area contributed by atoms with Crippen molar-refractivity contribution in [3.05, 3.63) is 54.4 Å². The normalized spacial score (nSPS) is 21.8. The summed E-state index contributed by atoms with van der Waals surface area (Å²) in [5, 5.41) is 2.61. The molecule has 11 nitrogen and oxygen atoms in total. The van der Waals surface area contributed by atoms with E-state index >= 15 is 0 Å². The Balaban J connectivity index is 1.31. The number of sulfonamides is 1. The largest absolute Gasteiger partial charge is 0.385 e. The van der Waals surface area contributed by atoms with Crippen LogP contribution in [0.15, 0.2) is 53.4 Å². The Morgan fingerprint density at radius 2 is 1.93 bits per heavy atom. The Morgan fingerprint density at radius 3 is 2.71 bits per heavy atom. The summed E-state index contributed by atoms with van der Waals surface area (Å²) in [7, 11) is -2.21. The van der Waals surface area contributed by atoms with Crippen LogP contribution in [0.1, 0.15) is 37.9 Å². The fraction of sp³-hybridized carbons (Fsp3) is 0.483. The Kier molecular flexibility index (Phi) is 8.74. The molecule has 3 aromatic rings. The third-order valence-corrected chi connectivity index (χ3v) is 9.78. The van der Waals surface area contributed by atoms with Gasteiger partial charge in [-0.05, 0) is 49.6 Å². The second kappa shape index (κ2) is 12.3. The molecule has 220 valence electrons. The average Bonchev–Trinajstić information content (AvgIpc) is 3.54. The van der Waals surface area contributed by atoms with Gasteiger partial charge in [0.15, 0.2) is 0 Å². The zero-order chi connectivity index (χ0) is 29.1. The summed E-state index contributed by atoms with van der Waals surface area (Å²) >= 11 is 0. The minimum Gasteiger partial charge on any atom is -0.385 e. The summed E-state index contributed by atoms with van der Waals surface area (Å²) in [4.78, 5) is 32.1. The lowest BCUT2D eigenvalue weighted by atomic mass is 9.94. The Morgan fingerprint density at radius 1 is 1.12 bits per heavy atom. The molecular formula is C29H38N6O5S. The van der Waals surface area contributed by atoms with Crippen molar-refractivity contribution in [1.29, 1.82) is 0 Å². The molecule has 2 fully saturated rings. The molecular weight excluding hydrogens is 544 g/mol. The molecule has 2 aliphatic heterocycles. The fourth-order valence-corrected chi connectivity index (χ4v) is 7.52. The smallest absolute Gasteiger partial charge is 0.243 e. The van der Waals surface area contributed by atoms with E-state index in [0.717, 1.165) is 42.7 Å². The fourth-order valence-electron chi connectivity index (χ4n) is 5.97. The number of nitrogens with zero attached hydrogens (tertiary/aromatic N) is 4. The van der Waals surface area contributed by atoms with Crippen LogP contribution in [0.25, 0.3) is 11.0 Å². The monoisotopic (exact) mass is 582 g/mol. The lowest BCUT2D eigenvalue weighted by molar-refractivity contribution is -0.136. The van der Waals surface area contributed by atoms with Crippen LogP contribution in [0.3, 0.4) is 0 Å². The van der Waals surface area contributed by atoms with Gasteiger partial charge in [0.05, 0.1) is 21.8 Å². The van der Waals surface area contributed by atoms with Gasteiger partial charge in [0.1, 0.15) is 5.82 Å². The van der Waals surface area contributed by atoms with Crippen LogP contribution in [0, 0.1) is 5.92 Å². The quantitative estimate of drug-likeness (QED) is 0.369. The number of likely N-dealkylation sites (tertiary alicyclic amines) is 1. The first-order valence-corrected chi connectivity index (χ1v) is 15.5. The van der Waals surface area contributed by atoms with E-state index in [2.05, 4.69) is 16.0 Å². The van der Waals surface area contributed by atoms with Crippen molar-refractivity contribution in [2.75, 3.05) is 45.2 Å². The number of rotatable bonds is 9. The highest BCUT2D eigenvalue weighted by atomic mass is 32.2. The number of hydrogen-bond donors (Lipinski definition) is 2. The van der Waals surface area contributed by atoms with Crippen molar-refractivity contribution in [2.24, 2.45) is 11.7 Å². The maximum atomic E-state index is 13.8. The van der Waals surface area contributed by atoms with Crippen molar-refractivity contribution >= 4 is 38.6 Å². The van der Waals surface area contributed by atoms with Gasteiger partial charge in [0.25, 0.3) is 0 Å². The number of aryl methyl sites for hydroxylation is 1. The summed E-state index contributed by atoms with van der Waals surface area (Å²) in [6.45, 7) is 3.97. The maximum absolute atomic E-state index is 13.8. The zero-order valence-electron chi connectivity index (χ0n) is 23.5. The lowest BCUT2D eigenvalue weighted by Gasteiger charge is -2.35. The second-order valence-electron chi connectivity index (χ2n) is 10.9. The predicted molar refractivity (Wildman–Crippen MR) is 156 cm³/mol. The van der Waals surface area contributed by atoms with Gasteiger partial charge in [-0.2, -0.15) is 4.31 Å². The molecule has 3 N–H and O–H groups in total. The molecule has 2 aliphatic rings. The van der Waals surface area contributed by atoms with Gasteiger partial charge in [0, 0.05) is 71.0 Å². The van der Waals surface area contributed by atoms with Gasteiger partial charge >= 0.3 is 0 Å². The molecule has 12 heteroatoms. The highest BCUT2D eigenvalue weighted by molar-refractivity contribution is 7.89. The molecule has 3 atom stereocenters. The highest BCUT2D eigenvalue weighted by Crippen LogP contribution is 2.32. The van der Waals surface area contributed by atoms with E-state index in [1.807, 2.05) is 23.1 Å². The number of aromatic nitrogens is 2. The molecule has 2 amide bonds. The molecule has 0 radical (unpaired) electrons. The first-order chi connectivity index (χ1) is 19.7. The van der Waals surface area contributed by atoms with E-state index in [4.69, 9.17) is 15.5 Å². The van der Waals surface area contributed by atoms with Crippen molar-refractivity contribution in [3.63, 3.8) is 0 Å². The lowest BCUT2D eigenvalue weighted by Crippen LogP contribution is -2.47. The van der Waals surface area contributed by atoms with Crippen molar-refractivity contribution in [2.45, 2.75) is 49.6 Å². The molecule has 0 saturated carbocycles. The minimum absolute atomic E-state index is 0.0173. The molecule has 1 aromatic heterocycles. The maximum Gasteiger partial charge on any atom is 0.243 e. The average molecular weight is 583 g/mol. The summed E-state index contributed by atoms with van der Waals surface area (Å²) in [5.74, 6) is -0.00861. The number of methoxy groups -OCH3 is 1. The molecule has 3 heterocycles. The first kappa shape index (κ1) is 29.2. The highest BCUT2D eigenvalue weighted by Gasteiger charge is 2.43. The molecule has 5 rings (SSSR count). The van der Waals surface area contributed by atoms with Crippen LogP contribution in [0.4, 0.5) is 5.69 Å². The molecule has 2 saturated heterocycles. The Hall–Kier alpha value is -3.32. The Bertz CT molecular complexity index is 1520. The summed E-state index contributed by atoms with van der Waals surface area (Å²) < 4.78 is 35.7. The number of ether oxygens (including phenoxy) is 1. The third-order valence-electron chi connectivity index (χ3n) is 7.95. The van der Waals surface area contributed by atoms with Crippen LogP contribution < -0.4 is 11.1 Å². The van der Waals surface area contributed by atoms with Gasteiger partial charge in [-0.3, -0.25) is 9.59 Å². The van der Waals surface area contributed by atoms with Crippen molar-refractivity contribution < 1.29 is 22.7 Å². The van der Waals surface area contributed by atoms with Crippen LogP contribution in [-0.4, -0.2) is 84.9 Å². The van der Waals surface area contributed by atoms with Crippen LogP contribution in [-0.2, 0) is 30.9 Å². The third kappa shape index (κ3) is 6.15. The molecule has 2 aromatic carbocycles. The molecule has 1 unspecified atom stereocenters. The number of nitrogens with two attached hydrogens (primary N) is 1. The van der Waals surface area contributed by atoms with E-state index in [1.54, 1.807) is 19.2 Å². The van der Waals surface area contributed by atoms with E-state index in [1.165, 1.54) is 23.4 Å². The number of carbonyl (C=O) groups is 2.